The highest BCUT2D eigenvalue weighted by atomic mass is 32.2. The van der Waals surface area contributed by atoms with Crippen molar-refractivity contribution < 1.29 is 4.39 Å². The highest BCUT2D eigenvalue weighted by molar-refractivity contribution is 7.98. The first-order valence-electron chi connectivity index (χ1n) is 4.09. The summed E-state index contributed by atoms with van der Waals surface area (Å²) in [7, 11) is 0. The van der Waals surface area contributed by atoms with Gasteiger partial charge in [-0.05, 0) is 19.2 Å². The molecule has 72 valence electrons. The Labute approximate surface area is 81.9 Å². The topological polar surface area (TPSA) is 24.9 Å². The predicted octanol–water partition coefficient (Wildman–Crippen LogP) is 2.38. The van der Waals surface area contributed by atoms with Crippen LogP contribution in [0, 0.1) is 5.95 Å². The second-order valence-electron chi connectivity index (χ2n) is 2.87. The molecule has 0 amide bonds. The van der Waals surface area contributed by atoms with Crippen LogP contribution >= 0.6 is 11.8 Å². The van der Waals surface area contributed by atoms with Gasteiger partial charge in [0, 0.05) is 29.7 Å². The van der Waals surface area contributed by atoms with Gasteiger partial charge in [-0.25, -0.2) is 4.98 Å². The Morgan fingerprint density at radius 1 is 1.69 bits per heavy atom. The maximum Gasteiger partial charge on any atom is 0.214 e. The first kappa shape index (κ1) is 10.3. The number of rotatable bonds is 4. The van der Waals surface area contributed by atoms with Gasteiger partial charge in [0.15, 0.2) is 0 Å². The summed E-state index contributed by atoms with van der Waals surface area (Å²) in [4.78, 5) is 3.48. The quantitative estimate of drug-likeness (QED) is 0.755. The summed E-state index contributed by atoms with van der Waals surface area (Å²) in [6.07, 6.45) is 3.51. The van der Waals surface area contributed by atoms with Gasteiger partial charge in [-0.15, -0.1) is 0 Å². The second-order valence-corrected chi connectivity index (χ2v) is 3.78. The summed E-state index contributed by atoms with van der Waals surface area (Å²) in [6.45, 7) is 2.06. The third kappa shape index (κ3) is 3.63. The van der Waals surface area contributed by atoms with Crippen molar-refractivity contribution in [2.24, 2.45) is 0 Å². The standard InChI is InChI=1S/C9H13FN2S/c1-7(6-13-2)12-8-3-4-11-9(10)5-8/h3-5,7H,6H2,1-2H3,(H,11,12). The molecule has 0 aliphatic heterocycles. The fourth-order valence-electron chi connectivity index (χ4n) is 1.07. The molecule has 1 aromatic rings. The third-order valence-electron chi connectivity index (χ3n) is 1.56. The molecule has 1 atom stereocenters. The summed E-state index contributed by atoms with van der Waals surface area (Å²) in [5, 5.41) is 3.18. The van der Waals surface area contributed by atoms with Crippen molar-refractivity contribution in [3.05, 3.63) is 24.3 Å². The molecule has 0 spiro atoms. The lowest BCUT2D eigenvalue weighted by Gasteiger charge is -2.13. The molecule has 1 aromatic heterocycles. The van der Waals surface area contributed by atoms with Crippen LogP contribution < -0.4 is 5.32 Å². The molecule has 0 saturated heterocycles. The van der Waals surface area contributed by atoms with Gasteiger partial charge < -0.3 is 5.32 Å². The zero-order valence-electron chi connectivity index (χ0n) is 7.75. The number of halogens is 1. The molecule has 13 heavy (non-hydrogen) atoms. The molecule has 0 aromatic carbocycles. The maximum atomic E-state index is 12.6. The molecule has 0 bridgehead atoms. The van der Waals surface area contributed by atoms with Crippen LogP contribution in [-0.4, -0.2) is 23.0 Å². The lowest BCUT2D eigenvalue weighted by molar-refractivity contribution is 0.584. The number of pyridine rings is 1. The van der Waals surface area contributed by atoms with Crippen LogP contribution in [0.2, 0.25) is 0 Å². The minimum atomic E-state index is -0.443. The van der Waals surface area contributed by atoms with Crippen LogP contribution in [0.5, 0.6) is 0 Å². The van der Waals surface area contributed by atoms with E-state index in [1.807, 2.05) is 6.26 Å². The van der Waals surface area contributed by atoms with Gasteiger partial charge in [-0.2, -0.15) is 16.2 Å². The minimum Gasteiger partial charge on any atom is -0.382 e. The zero-order chi connectivity index (χ0) is 9.68. The molecular formula is C9H13FN2S. The molecule has 0 aliphatic carbocycles. The average molecular weight is 200 g/mol. The zero-order valence-corrected chi connectivity index (χ0v) is 8.57. The molecule has 4 heteroatoms. The molecule has 0 radical (unpaired) electrons. The van der Waals surface area contributed by atoms with Crippen molar-refractivity contribution >= 4 is 17.4 Å². The van der Waals surface area contributed by atoms with Crippen LogP contribution in [0.3, 0.4) is 0 Å². The smallest absolute Gasteiger partial charge is 0.214 e. The number of anilines is 1. The van der Waals surface area contributed by atoms with Crippen molar-refractivity contribution in [3.63, 3.8) is 0 Å². The Hall–Kier alpha value is -0.770. The Morgan fingerprint density at radius 2 is 2.46 bits per heavy atom. The average Bonchev–Trinajstić information content (AvgIpc) is 2.04. The van der Waals surface area contributed by atoms with Gasteiger partial charge in [0.1, 0.15) is 0 Å². The van der Waals surface area contributed by atoms with Crippen LogP contribution in [0.1, 0.15) is 6.92 Å². The molecule has 0 aliphatic rings. The summed E-state index contributed by atoms with van der Waals surface area (Å²) in [5.41, 5.74) is 0.786. The van der Waals surface area contributed by atoms with E-state index in [1.165, 1.54) is 12.3 Å². The first-order valence-corrected chi connectivity index (χ1v) is 5.49. The van der Waals surface area contributed by atoms with Crippen LogP contribution in [0.15, 0.2) is 18.3 Å². The lowest BCUT2D eigenvalue weighted by Crippen LogP contribution is -2.17. The first-order chi connectivity index (χ1) is 6.22. The van der Waals surface area contributed by atoms with E-state index in [4.69, 9.17) is 0 Å². The Balaban J connectivity index is 2.53. The minimum absolute atomic E-state index is 0.344. The molecule has 1 N–H and O–H groups in total. The Morgan fingerprint density at radius 3 is 3.08 bits per heavy atom. The highest BCUT2D eigenvalue weighted by Crippen LogP contribution is 2.09. The van der Waals surface area contributed by atoms with E-state index in [1.54, 1.807) is 17.8 Å². The predicted molar refractivity (Wildman–Crippen MR) is 55.7 cm³/mol. The molecule has 0 fully saturated rings. The van der Waals surface area contributed by atoms with E-state index in [9.17, 15) is 4.39 Å². The van der Waals surface area contributed by atoms with E-state index in [0.717, 1.165) is 11.4 Å². The Bertz CT molecular complexity index is 268. The van der Waals surface area contributed by atoms with Crippen molar-refractivity contribution in [1.82, 2.24) is 4.98 Å². The van der Waals surface area contributed by atoms with Crippen molar-refractivity contribution in [3.8, 4) is 0 Å². The normalized spacial score (nSPS) is 12.5. The summed E-state index contributed by atoms with van der Waals surface area (Å²) in [6, 6.07) is 3.51. The van der Waals surface area contributed by atoms with Crippen LogP contribution in [-0.2, 0) is 0 Å². The van der Waals surface area contributed by atoms with Gasteiger partial charge >= 0.3 is 0 Å². The number of aromatic nitrogens is 1. The van der Waals surface area contributed by atoms with Crippen LogP contribution in [0.4, 0.5) is 10.1 Å². The molecule has 0 saturated carbocycles. The highest BCUT2D eigenvalue weighted by Gasteiger charge is 2.01. The number of nitrogens with zero attached hydrogens (tertiary/aromatic N) is 1. The molecular weight excluding hydrogens is 187 g/mol. The number of thioether (sulfide) groups is 1. The van der Waals surface area contributed by atoms with E-state index < -0.39 is 5.95 Å². The summed E-state index contributed by atoms with van der Waals surface area (Å²) < 4.78 is 12.6. The summed E-state index contributed by atoms with van der Waals surface area (Å²) >= 11 is 1.76. The Kier molecular flexibility index (Phi) is 4.02. The molecule has 1 unspecified atom stereocenters. The van der Waals surface area contributed by atoms with E-state index in [-0.39, 0.29) is 0 Å². The SMILES string of the molecule is CSCC(C)Nc1ccnc(F)c1. The summed E-state index contributed by atoms with van der Waals surface area (Å²) in [5.74, 6) is 0.561. The largest absolute Gasteiger partial charge is 0.382 e. The van der Waals surface area contributed by atoms with Gasteiger partial charge in [0.2, 0.25) is 5.95 Å². The number of hydrogen-bond donors (Lipinski definition) is 1. The lowest BCUT2D eigenvalue weighted by atomic mass is 10.3. The van der Waals surface area contributed by atoms with E-state index in [2.05, 4.69) is 17.2 Å². The van der Waals surface area contributed by atoms with Crippen molar-refractivity contribution in [1.29, 1.82) is 0 Å². The monoisotopic (exact) mass is 200 g/mol. The number of hydrogen-bond acceptors (Lipinski definition) is 3. The fraction of sp³-hybridized carbons (Fsp3) is 0.444. The van der Waals surface area contributed by atoms with Gasteiger partial charge in [0.25, 0.3) is 0 Å². The molecule has 1 heterocycles. The third-order valence-corrected chi connectivity index (χ3v) is 2.39. The van der Waals surface area contributed by atoms with Crippen molar-refractivity contribution in [2.75, 3.05) is 17.3 Å². The fourth-order valence-corrected chi connectivity index (χ4v) is 1.65. The molecule has 2 nitrogen and oxygen atoms in total. The number of nitrogens with one attached hydrogen (secondary N) is 1. The molecule has 1 rings (SSSR count). The van der Waals surface area contributed by atoms with E-state index in [0.29, 0.717) is 6.04 Å². The maximum absolute atomic E-state index is 12.6. The van der Waals surface area contributed by atoms with Gasteiger partial charge in [-0.1, -0.05) is 0 Å². The van der Waals surface area contributed by atoms with Crippen LogP contribution in [0.25, 0.3) is 0 Å². The van der Waals surface area contributed by atoms with E-state index >= 15 is 0 Å². The second kappa shape index (κ2) is 5.07. The van der Waals surface area contributed by atoms with Crippen molar-refractivity contribution in [2.45, 2.75) is 13.0 Å². The van der Waals surface area contributed by atoms with Gasteiger partial charge in [-0.3, -0.25) is 0 Å². The van der Waals surface area contributed by atoms with Gasteiger partial charge in [0.05, 0.1) is 0 Å².